The molecule has 2 heterocycles. The Kier molecular flexibility index (Phi) is 6.04. The molecular weight excluding hydrogens is 400 g/mol. The van der Waals surface area contributed by atoms with E-state index in [1.807, 2.05) is 36.4 Å². The number of sulfone groups is 1. The predicted octanol–water partition coefficient (Wildman–Crippen LogP) is 1.92. The maximum absolute atomic E-state index is 12.5. The van der Waals surface area contributed by atoms with Crippen LogP contribution < -0.4 is 0 Å². The first kappa shape index (κ1) is 20.3. The van der Waals surface area contributed by atoms with Gasteiger partial charge in [0.25, 0.3) is 11.1 Å². The largest absolute Gasteiger partial charge is 0.340 e. The van der Waals surface area contributed by atoms with Crippen molar-refractivity contribution >= 4 is 44.7 Å². The van der Waals surface area contributed by atoms with Crippen LogP contribution >= 0.6 is 11.8 Å². The zero-order valence-electron chi connectivity index (χ0n) is 15.3. The lowest BCUT2D eigenvalue weighted by atomic mass is 10.2. The van der Waals surface area contributed by atoms with E-state index >= 15 is 0 Å². The van der Waals surface area contributed by atoms with Crippen molar-refractivity contribution in [1.29, 1.82) is 0 Å². The first-order valence-corrected chi connectivity index (χ1v) is 11.3. The van der Waals surface area contributed by atoms with Gasteiger partial charge in [-0.25, -0.2) is 8.42 Å². The van der Waals surface area contributed by atoms with Crippen LogP contribution in [-0.4, -0.2) is 66.4 Å². The zero-order chi connectivity index (χ0) is 20.3. The van der Waals surface area contributed by atoms with Crippen molar-refractivity contribution in [3.8, 4) is 0 Å². The molecular formula is C19H20N2O5S2. The van der Waals surface area contributed by atoms with E-state index in [2.05, 4.69) is 0 Å². The van der Waals surface area contributed by atoms with Gasteiger partial charge in [0.1, 0.15) is 6.54 Å². The fraction of sp³-hybridized carbons (Fsp3) is 0.316. The number of hydrogen-bond acceptors (Lipinski definition) is 6. The lowest BCUT2D eigenvalue weighted by Gasteiger charge is -2.25. The monoisotopic (exact) mass is 420 g/mol. The van der Waals surface area contributed by atoms with Crippen molar-refractivity contribution in [3.63, 3.8) is 0 Å². The van der Waals surface area contributed by atoms with Gasteiger partial charge in [-0.2, -0.15) is 0 Å². The fourth-order valence-corrected chi connectivity index (χ4v) is 5.56. The maximum Gasteiger partial charge on any atom is 0.294 e. The number of carbonyl (C=O) groups is 3. The minimum Gasteiger partial charge on any atom is -0.340 e. The van der Waals surface area contributed by atoms with Gasteiger partial charge in [-0.3, -0.25) is 19.3 Å². The first-order chi connectivity index (χ1) is 13.3. The Hall–Kier alpha value is -2.39. The summed E-state index contributed by atoms with van der Waals surface area (Å²) in [5, 5.41) is -0.509. The van der Waals surface area contributed by atoms with E-state index in [1.54, 1.807) is 12.2 Å². The molecule has 0 unspecified atom stereocenters. The topological polar surface area (TPSA) is 91.8 Å². The number of allylic oxidation sites excluding steroid dienone is 2. The predicted molar refractivity (Wildman–Crippen MR) is 108 cm³/mol. The SMILES string of the molecule is CN(C(=O)CN1C(=O)S/C(=C/C=C/c2ccccc2)C1=O)[C@H]1CCS(=O)(=O)C1. The van der Waals surface area contributed by atoms with Crippen molar-refractivity contribution in [2.45, 2.75) is 12.5 Å². The normalized spacial score (nSPS) is 23.1. The third-order valence-electron chi connectivity index (χ3n) is 4.65. The van der Waals surface area contributed by atoms with Gasteiger partial charge in [0.2, 0.25) is 5.91 Å². The molecule has 0 saturated carbocycles. The lowest BCUT2D eigenvalue weighted by molar-refractivity contribution is -0.136. The number of benzene rings is 1. The van der Waals surface area contributed by atoms with Crippen LogP contribution in [0.25, 0.3) is 6.08 Å². The second kappa shape index (κ2) is 8.32. The van der Waals surface area contributed by atoms with Crippen LogP contribution in [0.15, 0.2) is 47.4 Å². The second-order valence-corrected chi connectivity index (χ2v) is 9.84. The second-order valence-electron chi connectivity index (χ2n) is 6.62. The van der Waals surface area contributed by atoms with Gasteiger partial charge in [-0.15, -0.1) is 0 Å². The minimum absolute atomic E-state index is 0.0490. The van der Waals surface area contributed by atoms with Gasteiger partial charge >= 0.3 is 0 Å². The van der Waals surface area contributed by atoms with E-state index in [4.69, 9.17) is 0 Å². The molecule has 148 valence electrons. The molecule has 3 rings (SSSR count). The molecule has 3 amide bonds. The summed E-state index contributed by atoms with van der Waals surface area (Å²) in [4.78, 5) is 39.5. The molecule has 0 spiro atoms. The fourth-order valence-electron chi connectivity index (χ4n) is 2.99. The van der Waals surface area contributed by atoms with Crippen LogP contribution in [0.3, 0.4) is 0 Å². The average molecular weight is 421 g/mol. The highest BCUT2D eigenvalue weighted by atomic mass is 32.2. The summed E-state index contributed by atoms with van der Waals surface area (Å²) in [6, 6.07) is 9.09. The smallest absolute Gasteiger partial charge is 0.294 e. The Morgan fingerprint density at radius 2 is 2.00 bits per heavy atom. The van der Waals surface area contributed by atoms with E-state index in [0.29, 0.717) is 6.42 Å². The Labute approximate surface area is 168 Å². The molecule has 28 heavy (non-hydrogen) atoms. The summed E-state index contributed by atoms with van der Waals surface area (Å²) < 4.78 is 23.2. The minimum atomic E-state index is -3.13. The molecule has 2 aliphatic rings. The van der Waals surface area contributed by atoms with Crippen molar-refractivity contribution in [3.05, 3.63) is 53.0 Å². The Bertz CT molecular complexity index is 954. The molecule has 0 aromatic heterocycles. The summed E-state index contributed by atoms with van der Waals surface area (Å²) in [5.41, 5.74) is 0.960. The van der Waals surface area contributed by atoms with Gasteiger partial charge in [0.05, 0.1) is 16.4 Å². The molecule has 7 nitrogen and oxygen atoms in total. The van der Waals surface area contributed by atoms with E-state index in [-0.39, 0.29) is 16.4 Å². The van der Waals surface area contributed by atoms with Gasteiger partial charge in [0, 0.05) is 13.1 Å². The molecule has 2 aliphatic heterocycles. The Balaban J connectivity index is 1.62. The third kappa shape index (κ3) is 4.71. The molecule has 0 aliphatic carbocycles. The number of nitrogens with zero attached hydrogens (tertiary/aromatic N) is 2. The number of hydrogen-bond donors (Lipinski definition) is 0. The maximum atomic E-state index is 12.5. The molecule has 0 bridgehead atoms. The molecule has 1 atom stereocenters. The number of thioether (sulfide) groups is 1. The molecule has 0 radical (unpaired) electrons. The zero-order valence-corrected chi connectivity index (χ0v) is 16.9. The van der Waals surface area contributed by atoms with E-state index < -0.39 is 39.5 Å². The molecule has 1 aromatic rings. The molecule has 9 heteroatoms. The van der Waals surface area contributed by atoms with Crippen LogP contribution in [-0.2, 0) is 19.4 Å². The molecule has 2 fully saturated rings. The van der Waals surface area contributed by atoms with Crippen molar-refractivity contribution < 1.29 is 22.8 Å². The van der Waals surface area contributed by atoms with Crippen molar-refractivity contribution in [2.75, 3.05) is 25.1 Å². The first-order valence-electron chi connectivity index (χ1n) is 8.70. The average Bonchev–Trinajstić information content (AvgIpc) is 3.15. The van der Waals surface area contributed by atoms with Crippen LogP contribution in [0.5, 0.6) is 0 Å². The van der Waals surface area contributed by atoms with E-state index in [1.165, 1.54) is 11.9 Å². The number of carbonyl (C=O) groups excluding carboxylic acids is 3. The molecule has 0 N–H and O–H groups in total. The highest BCUT2D eigenvalue weighted by molar-refractivity contribution is 8.18. The number of imide groups is 1. The van der Waals surface area contributed by atoms with Crippen LogP contribution in [0.2, 0.25) is 0 Å². The third-order valence-corrected chi connectivity index (χ3v) is 7.33. The summed E-state index contributed by atoms with van der Waals surface area (Å²) in [6.45, 7) is -0.391. The standard InChI is InChI=1S/C19H20N2O5S2/c1-20(15-10-11-28(25,26)13-15)17(22)12-21-18(23)16(27-19(21)24)9-5-8-14-6-3-2-4-7-14/h2-9,15H,10-13H2,1H3/b8-5+,16-9+/t15-/m0/s1. The van der Waals surface area contributed by atoms with Crippen molar-refractivity contribution in [2.24, 2.45) is 0 Å². The summed E-state index contributed by atoms with van der Waals surface area (Å²) in [6.07, 6.45) is 5.42. The van der Waals surface area contributed by atoms with Gasteiger partial charge in [-0.1, -0.05) is 42.5 Å². The molecule has 2 saturated heterocycles. The summed E-state index contributed by atoms with van der Waals surface area (Å²) in [5.74, 6) is -1.01. The number of likely N-dealkylation sites (N-methyl/N-ethyl adjacent to an activating group) is 1. The van der Waals surface area contributed by atoms with E-state index in [0.717, 1.165) is 22.2 Å². The summed E-state index contributed by atoms with van der Waals surface area (Å²) in [7, 11) is -1.62. The van der Waals surface area contributed by atoms with Crippen molar-refractivity contribution in [1.82, 2.24) is 9.80 Å². The van der Waals surface area contributed by atoms with Crippen LogP contribution in [0.1, 0.15) is 12.0 Å². The summed E-state index contributed by atoms with van der Waals surface area (Å²) >= 11 is 0.783. The quantitative estimate of drug-likeness (QED) is 0.676. The highest BCUT2D eigenvalue weighted by Crippen LogP contribution is 2.30. The highest BCUT2D eigenvalue weighted by Gasteiger charge is 2.38. The number of rotatable bonds is 5. The number of amides is 3. The lowest BCUT2D eigenvalue weighted by Crippen LogP contribution is -2.45. The van der Waals surface area contributed by atoms with Crippen LogP contribution in [0.4, 0.5) is 4.79 Å². The Morgan fingerprint density at radius 1 is 1.29 bits per heavy atom. The van der Waals surface area contributed by atoms with Gasteiger partial charge < -0.3 is 4.90 Å². The van der Waals surface area contributed by atoms with E-state index in [9.17, 15) is 22.8 Å². The van der Waals surface area contributed by atoms with Gasteiger partial charge in [-0.05, 0) is 29.8 Å². The van der Waals surface area contributed by atoms with Crippen LogP contribution in [0, 0.1) is 0 Å². The van der Waals surface area contributed by atoms with Gasteiger partial charge in [0.15, 0.2) is 9.84 Å². The molecule has 1 aromatic carbocycles. The Morgan fingerprint density at radius 3 is 2.64 bits per heavy atom.